The second-order valence-electron chi connectivity index (χ2n) is 17.4. The smallest absolute Gasteiger partial charge is 0.0541 e. The van der Waals surface area contributed by atoms with E-state index in [0.29, 0.717) is 0 Å². The zero-order valence-electron chi connectivity index (χ0n) is 35.3. The highest BCUT2D eigenvalue weighted by molar-refractivity contribution is 6.10. The third-order valence-electron chi connectivity index (χ3n) is 13.4. The second kappa shape index (κ2) is 14.6. The van der Waals surface area contributed by atoms with E-state index in [0.717, 1.165) is 17.1 Å². The predicted octanol–water partition coefficient (Wildman–Crippen LogP) is 16.7. The van der Waals surface area contributed by atoms with Gasteiger partial charge in [-0.05, 0) is 145 Å². The number of aromatic nitrogens is 1. The molecule has 0 saturated carbocycles. The molecule has 2 nitrogen and oxygen atoms in total. The molecule has 0 bridgehead atoms. The summed E-state index contributed by atoms with van der Waals surface area (Å²) < 4.78 is 2.37. The summed E-state index contributed by atoms with van der Waals surface area (Å²) >= 11 is 0. The summed E-state index contributed by atoms with van der Waals surface area (Å²) in [5.74, 6) is 0. The first-order valence-corrected chi connectivity index (χ1v) is 21.9. The minimum Gasteiger partial charge on any atom is -0.310 e. The van der Waals surface area contributed by atoms with Gasteiger partial charge in [-0.25, -0.2) is 0 Å². The maximum absolute atomic E-state index is 2.42. The maximum Gasteiger partial charge on any atom is 0.0541 e. The Labute approximate surface area is 368 Å². The summed E-state index contributed by atoms with van der Waals surface area (Å²) in [5, 5.41) is 5.01. The monoisotopic (exact) mass is 804 g/mol. The van der Waals surface area contributed by atoms with E-state index in [2.05, 4.69) is 254 Å². The lowest BCUT2D eigenvalue weighted by molar-refractivity contribution is 0.660. The molecule has 0 aliphatic heterocycles. The second-order valence-corrected chi connectivity index (χ2v) is 17.4. The highest BCUT2D eigenvalue weighted by Gasteiger charge is 2.35. The molecule has 12 rings (SSSR count). The van der Waals surface area contributed by atoms with Gasteiger partial charge in [-0.3, -0.25) is 0 Å². The SMILES string of the molecule is CC1(C)c2ccccc2-c2ccc(N(c3ccc(-c4ccc5ccccc5c4)cc3)c3cccc(-c4cccc(-c5ccc6c(c5)c5ccccc5n6-c5ccccc5)c4)c3)cc21. The average Bonchev–Trinajstić information content (AvgIpc) is 3.79. The molecule has 1 aliphatic carbocycles. The van der Waals surface area contributed by atoms with Gasteiger partial charge in [0.25, 0.3) is 0 Å². The van der Waals surface area contributed by atoms with E-state index in [1.165, 1.54) is 93.9 Å². The third-order valence-corrected chi connectivity index (χ3v) is 13.4. The van der Waals surface area contributed by atoms with Gasteiger partial charge in [0.15, 0.2) is 0 Å². The van der Waals surface area contributed by atoms with Gasteiger partial charge < -0.3 is 9.47 Å². The summed E-state index contributed by atoms with van der Waals surface area (Å²) in [6.45, 7) is 4.72. The molecule has 2 heteroatoms. The lowest BCUT2D eigenvalue weighted by Crippen LogP contribution is -2.16. The van der Waals surface area contributed by atoms with Crippen molar-refractivity contribution in [3.63, 3.8) is 0 Å². The Hall–Kier alpha value is -7.94. The van der Waals surface area contributed by atoms with Gasteiger partial charge in [-0.15, -0.1) is 0 Å². The first kappa shape index (κ1) is 36.9. The van der Waals surface area contributed by atoms with E-state index in [-0.39, 0.29) is 5.41 Å². The van der Waals surface area contributed by atoms with Crippen molar-refractivity contribution in [2.75, 3.05) is 4.90 Å². The zero-order chi connectivity index (χ0) is 42.1. The Balaban J connectivity index is 0.949. The fourth-order valence-electron chi connectivity index (χ4n) is 10.2. The molecule has 1 aliphatic rings. The topological polar surface area (TPSA) is 8.17 Å². The molecule has 0 saturated heterocycles. The van der Waals surface area contributed by atoms with Crippen molar-refractivity contribution < 1.29 is 0 Å². The number of para-hydroxylation sites is 2. The van der Waals surface area contributed by atoms with Crippen LogP contribution in [0.3, 0.4) is 0 Å². The number of nitrogens with zero attached hydrogens (tertiary/aromatic N) is 2. The van der Waals surface area contributed by atoms with Crippen molar-refractivity contribution in [2.24, 2.45) is 0 Å². The molecule has 10 aromatic carbocycles. The fraction of sp³-hybridized carbons (Fsp3) is 0.0492. The summed E-state index contributed by atoms with van der Waals surface area (Å²) in [4.78, 5) is 2.42. The number of hydrogen-bond acceptors (Lipinski definition) is 1. The van der Waals surface area contributed by atoms with E-state index in [4.69, 9.17) is 0 Å². The molecule has 0 atom stereocenters. The van der Waals surface area contributed by atoms with Gasteiger partial charge >= 0.3 is 0 Å². The Morgan fingerprint density at radius 2 is 0.921 bits per heavy atom. The van der Waals surface area contributed by atoms with Gasteiger partial charge in [0.1, 0.15) is 0 Å². The Bertz CT molecular complexity index is 3540. The molecule has 63 heavy (non-hydrogen) atoms. The first-order chi connectivity index (χ1) is 31.0. The quantitative estimate of drug-likeness (QED) is 0.156. The van der Waals surface area contributed by atoms with E-state index < -0.39 is 0 Å². The predicted molar refractivity (Wildman–Crippen MR) is 267 cm³/mol. The van der Waals surface area contributed by atoms with Crippen LogP contribution in [0.5, 0.6) is 0 Å². The molecule has 0 spiro atoms. The Morgan fingerprint density at radius 1 is 0.333 bits per heavy atom. The number of rotatable bonds is 7. The summed E-state index contributed by atoms with van der Waals surface area (Å²) in [7, 11) is 0. The normalized spacial score (nSPS) is 12.7. The van der Waals surface area contributed by atoms with Crippen LogP contribution in [-0.4, -0.2) is 4.57 Å². The number of benzene rings is 10. The summed E-state index contributed by atoms with van der Waals surface area (Å²) in [6, 6.07) is 84.7. The van der Waals surface area contributed by atoms with E-state index in [1.54, 1.807) is 0 Å². The molecule has 0 amide bonds. The fourth-order valence-corrected chi connectivity index (χ4v) is 10.2. The van der Waals surface area contributed by atoms with Crippen LogP contribution in [0.15, 0.2) is 231 Å². The average molecular weight is 805 g/mol. The number of fused-ring (bicyclic) bond motifs is 7. The first-order valence-electron chi connectivity index (χ1n) is 21.9. The van der Waals surface area contributed by atoms with Gasteiger partial charge in [0, 0.05) is 38.9 Å². The molecule has 0 unspecified atom stereocenters. The van der Waals surface area contributed by atoms with Gasteiger partial charge in [0.05, 0.1) is 11.0 Å². The third kappa shape index (κ3) is 6.17. The van der Waals surface area contributed by atoms with Crippen molar-refractivity contribution in [2.45, 2.75) is 19.3 Å². The van der Waals surface area contributed by atoms with Crippen molar-refractivity contribution in [3.8, 4) is 50.2 Å². The van der Waals surface area contributed by atoms with Crippen LogP contribution in [0.1, 0.15) is 25.0 Å². The molecule has 0 fully saturated rings. The van der Waals surface area contributed by atoms with Crippen LogP contribution < -0.4 is 4.90 Å². The van der Waals surface area contributed by atoms with Crippen LogP contribution in [0, 0.1) is 0 Å². The molecule has 0 N–H and O–H groups in total. The van der Waals surface area contributed by atoms with Crippen molar-refractivity contribution in [1.29, 1.82) is 0 Å². The summed E-state index contributed by atoms with van der Waals surface area (Å²) in [5.41, 5.74) is 19.4. The van der Waals surface area contributed by atoms with E-state index >= 15 is 0 Å². The number of hydrogen-bond donors (Lipinski definition) is 0. The van der Waals surface area contributed by atoms with Crippen molar-refractivity contribution >= 4 is 49.6 Å². The lowest BCUT2D eigenvalue weighted by Gasteiger charge is -2.28. The Kier molecular flexibility index (Phi) is 8.55. The van der Waals surface area contributed by atoms with Gasteiger partial charge in [0.2, 0.25) is 0 Å². The van der Waals surface area contributed by atoms with Crippen LogP contribution in [0.25, 0.3) is 82.8 Å². The molecule has 298 valence electrons. The standard InChI is InChI=1S/C61H44N2/c1-61(2)57-24-10-8-22-53(57)54-34-33-52(40-58(54)61)62(50-31-28-42(29-32-50)47-27-26-41-14-6-7-15-43(41)36-47)51-21-13-18-46(38-51)44-16-12-17-45(37-44)48-30-35-60-56(39-48)55-23-9-11-25-59(55)63(60)49-19-4-3-5-20-49/h3-40H,1-2H3. The van der Waals surface area contributed by atoms with Gasteiger partial charge in [-0.1, -0.05) is 166 Å². The van der Waals surface area contributed by atoms with E-state index in [1.807, 2.05) is 0 Å². The van der Waals surface area contributed by atoms with Crippen LogP contribution in [0.2, 0.25) is 0 Å². The molecule has 1 heterocycles. The zero-order valence-corrected chi connectivity index (χ0v) is 35.3. The maximum atomic E-state index is 2.42. The Morgan fingerprint density at radius 3 is 1.76 bits per heavy atom. The van der Waals surface area contributed by atoms with Crippen LogP contribution in [-0.2, 0) is 5.41 Å². The lowest BCUT2D eigenvalue weighted by atomic mass is 9.82. The molecule has 11 aromatic rings. The van der Waals surface area contributed by atoms with Crippen LogP contribution in [0.4, 0.5) is 17.1 Å². The highest BCUT2D eigenvalue weighted by Crippen LogP contribution is 2.51. The van der Waals surface area contributed by atoms with Crippen molar-refractivity contribution in [1.82, 2.24) is 4.57 Å². The van der Waals surface area contributed by atoms with E-state index in [9.17, 15) is 0 Å². The summed E-state index contributed by atoms with van der Waals surface area (Å²) in [6.07, 6.45) is 0. The molecular weight excluding hydrogens is 761 g/mol. The molecule has 1 aromatic heterocycles. The van der Waals surface area contributed by atoms with Gasteiger partial charge in [-0.2, -0.15) is 0 Å². The largest absolute Gasteiger partial charge is 0.310 e. The minimum atomic E-state index is -0.116. The minimum absolute atomic E-state index is 0.116. The van der Waals surface area contributed by atoms with Crippen molar-refractivity contribution in [3.05, 3.63) is 242 Å². The highest BCUT2D eigenvalue weighted by atomic mass is 15.1. The molecular formula is C61H44N2. The number of anilines is 3. The molecule has 0 radical (unpaired) electrons. The van der Waals surface area contributed by atoms with Crippen LogP contribution >= 0.6 is 0 Å².